The Morgan fingerprint density at radius 2 is 1.75 bits per heavy atom. The van der Waals surface area contributed by atoms with Crippen molar-refractivity contribution in [2.45, 2.75) is 39.0 Å². The van der Waals surface area contributed by atoms with Gasteiger partial charge in [0.1, 0.15) is 0 Å². The fourth-order valence-electron chi connectivity index (χ4n) is 3.15. The fraction of sp³-hybridized carbons (Fsp3) is 1.00. The van der Waals surface area contributed by atoms with E-state index in [1.165, 1.54) is 51.7 Å². The van der Waals surface area contributed by atoms with Gasteiger partial charge in [0.05, 0.1) is 0 Å². The summed E-state index contributed by atoms with van der Waals surface area (Å²) in [7, 11) is 0. The van der Waals surface area contributed by atoms with Crippen LogP contribution >= 0.6 is 12.4 Å². The second-order valence-corrected chi connectivity index (χ2v) is 5.78. The van der Waals surface area contributed by atoms with Crippen LogP contribution in [0.4, 0.5) is 0 Å². The molecule has 16 heavy (non-hydrogen) atoms. The van der Waals surface area contributed by atoms with Crippen LogP contribution in [0.15, 0.2) is 0 Å². The number of nitrogens with zero attached hydrogens (tertiary/aromatic N) is 1. The summed E-state index contributed by atoms with van der Waals surface area (Å²) < 4.78 is 0. The Kier molecular flexibility index (Phi) is 6.09. The molecule has 2 fully saturated rings. The molecule has 1 aliphatic heterocycles. The van der Waals surface area contributed by atoms with Crippen molar-refractivity contribution in [1.29, 1.82) is 0 Å². The van der Waals surface area contributed by atoms with Gasteiger partial charge in [0.25, 0.3) is 0 Å². The third kappa shape index (κ3) is 3.90. The van der Waals surface area contributed by atoms with E-state index in [1.807, 2.05) is 0 Å². The summed E-state index contributed by atoms with van der Waals surface area (Å²) >= 11 is 0. The molecule has 0 amide bonds. The summed E-state index contributed by atoms with van der Waals surface area (Å²) in [5, 5.41) is 0. The zero-order valence-corrected chi connectivity index (χ0v) is 11.3. The number of hydrogen-bond acceptors (Lipinski definition) is 2. The van der Waals surface area contributed by atoms with Crippen molar-refractivity contribution in [3.8, 4) is 0 Å². The van der Waals surface area contributed by atoms with Crippen LogP contribution in [0.2, 0.25) is 0 Å². The lowest BCUT2D eigenvalue weighted by Crippen LogP contribution is -2.30. The smallest absolute Gasteiger partial charge is 0.00223 e. The van der Waals surface area contributed by atoms with E-state index in [9.17, 15) is 0 Å². The van der Waals surface area contributed by atoms with E-state index >= 15 is 0 Å². The van der Waals surface area contributed by atoms with Crippen LogP contribution < -0.4 is 5.73 Å². The number of likely N-dealkylation sites (tertiary alicyclic amines) is 1. The lowest BCUT2D eigenvalue weighted by Gasteiger charge is -2.29. The second kappa shape index (κ2) is 6.83. The van der Waals surface area contributed by atoms with E-state index in [0.29, 0.717) is 0 Å². The normalized spacial score (nSPS) is 36.0. The van der Waals surface area contributed by atoms with Gasteiger partial charge < -0.3 is 10.6 Å². The highest BCUT2D eigenvalue weighted by Crippen LogP contribution is 2.29. The summed E-state index contributed by atoms with van der Waals surface area (Å²) in [6, 6.07) is 0. The Morgan fingerprint density at radius 1 is 1.06 bits per heavy atom. The number of rotatable bonds is 3. The molecule has 1 aliphatic carbocycles. The SMILES string of the molecule is CC1CCC(CN2CCC(CN)C2)CC1.Cl. The minimum Gasteiger partial charge on any atom is -0.330 e. The minimum atomic E-state index is 0. The lowest BCUT2D eigenvalue weighted by molar-refractivity contribution is 0.206. The van der Waals surface area contributed by atoms with Crippen LogP contribution in [0.1, 0.15) is 39.0 Å². The van der Waals surface area contributed by atoms with E-state index in [-0.39, 0.29) is 12.4 Å². The van der Waals surface area contributed by atoms with E-state index in [1.54, 1.807) is 0 Å². The third-order valence-corrected chi connectivity index (χ3v) is 4.36. The first kappa shape index (κ1) is 14.3. The first-order valence-corrected chi connectivity index (χ1v) is 6.70. The molecule has 0 spiro atoms. The zero-order chi connectivity index (χ0) is 10.7. The molecule has 1 unspecified atom stereocenters. The van der Waals surface area contributed by atoms with E-state index in [4.69, 9.17) is 5.73 Å². The average molecular weight is 247 g/mol. The van der Waals surface area contributed by atoms with Crippen LogP contribution in [0.25, 0.3) is 0 Å². The molecule has 0 aromatic heterocycles. The van der Waals surface area contributed by atoms with E-state index in [2.05, 4.69) is 11.8 Å². The number of hydrogen-bond donors (Lipinski definition) is 1. The van der Waals surface area contributed by atoms with Gasteiger partial charge in [-0.25, -0.2) is 0 Å². The maximum Gasteiger partial charge on any atom is 0.00223 e. The summed E-state index contributed by atoms with van der Waals surface area (Å²) in [4.78, 5) is 2.65. The largest absolute Gasteiger partial charge is 0.330 e. The van der Waals surface area contributed by atoms with Crippen LogP contribution in [-0.4, -0.2) is 31.1 Å². The predicted octanol–water partition coefficient (Wildman–Crippen LogP) is 2.52. The first-order chi connectivity index (χ1) is 7.28. The third-order valence-electron chi connectivity index (χ3n) is 4.36. The standard InChI is InChI=1S/C13H26N2.ClH/c1-11-2-4-12(5-3-11)9-15-7-6-13(8-14)10-15;/h11-13H,2-10,14H2,1H3;1H. The van der Waals surface area contributed by atoms with Crippen molar-refractivity contribution in [3.05, 3.63) is 0 Å². The summed E-state index contributed by atoms with van der Waals surface area (Å²) in [5.74, 6) is 2.75. The molecule has 1 heterocycles. The van der Waals surface area contributed by atoms with Crippen molar-refractivity contribution >= 4 is 12.4 Å². The Morgan fingerprint density at radius 3 is 2.31 bits per heavy atom. The molecular weight excluding hydrogens is 220 g/mol. The highest BCUT2D eigenvalue weighted by atomic mass is 35.5. The van der Waals surface area contributed by atoms with Crippen molar-refractivity contribution in [1.82, 2.24) is 4.90 Å². The highest BCUT2D eigenvalue weighted by Gasteiger charge is 2.25. The van der Waals surface area contributed by atoms with Gasteiger partial charge >= 0.3 is 0 Å². The minimum absolute atomic E-state index is 0. The van der Waals surface area contributed by atoms with E-state index < -0.39 is 0 Å². The van der Waals surface area contributed by atoms with Crippen molar-refractivity contribution in [2.24, 2.45) is 23.5 Å². The Hall–Kier alpha value is 0.210. The molecule has 1 saturated heterocycles. The molecule has 1 atom stereocenters. The number of halogens is 1. The van der Waals surface area contributed by atoms with Gasteiger partial charge in [-0.05, 0) is 50.1 Å². The van der Waals surface area contributed by atoms with Crippen molar-refractivity contribution in [2.75, 3.05) is 26.2 Å². The average Bonchev–Trinajstić information content (AvgIpc) is 2.69. The van der Waals surface area contributed by atoms with Gasteiger partial charge in [0, 0.05) is 13.1 Å². The van der Waals surface area contributed by atoms with Crippen LogP contribution in [-0.2, 0) is 0 Å². The monoisotopic (exact) mass is 246 g/mol. The molecule has 0 aromatic rings. The lowest BCUT2D eigenvalue weighted by atomic mass is 9.83. The summed E-state index contributed by atoms with van der Waals surface area (Å²) in [6.45, 7) is 7.20. The Balaban J connectivity index is 0.00000128. The number of nitrogens with two attached hydrogens (primary N) is 1. The molecule has 2 aliphatic rings. The quantitative estimate of drug-likeness (QED) is 0.829. The van der Waals surface area contributed by atoms with Gasteiger partial charge in [-0.1, -0.05) is 19.8 Å². The Bertz CT molecular complexity index is 190. The maximum atomic E-state index is 5.72. The molecule has 96 valence electrons. The molecule has 3 heteroatoms. The molecule has 1 saturated carbocycles. The maximum absolute atomic E-state index is 5.72. The Labute approximate surface area is 106 Å². The molecule has 2 rings (SSSR count). The van der Waals surface area contributed by atoms with Crippen LogP contribution in [0, 0.1) is 17.8 Å². The van der Waals surface area contributed by atoms with Crippen molar-refractivity contribution in [3.63, 3.8) is 0 Å². The fourth-order valence-corrected chi connectivity index (χ4v) is 3.15. The predicted molar refractivity (Wildman–Crippen MR) is 72.0 cm³/mol. The topological polar surface area (TPSA) is 29.3 Å². The van der Waals surface area contributed by atoms with Crippen LogP contribution in [0.5, 0.6) is 0 Å². The molecule has 2 nitrogen and oxygen atoms in total. The van der Waals surface area contributed by atoms with Gasteiger partial charge in [-0.2, -0.15) is 0 Å². The van der Waals surface area contributed by atoms with Crippen molar-refractivity contribution < 1.29 is 0 Å². The van der Waals surface area contributed by atoms with Gasteiger partial charge in [0.2, 0.25) is 0 Å². The molecule has 0 bridgehead atoms. The van der Waals surface area contributed by atoms with Crippen LogP contribution in [0.3, 0.4) is 0 Å². The molecule has 2 N–H and O–H groups in total. The zero-order valence-electron chi connectivity index (χ0n) is 10.5. The highest BCUT2D eigenvalue weighted by molar-refractivity contribution is 5.85. The van der Waals surface area contributed by atoms with Gasteiger partial charge in [0.15, 0.2) is 0 Å². The van der Waals surface area contributed by atoms with Gasteiger partial charge in [-0.3, -0.25) is 0 Å². The molecular formula is C13H27ClN2. The second-order valence-electron chi connectivity index (χ2n) is 5.78. The first-order valence-electron chi connectivity index (χ1n) is 6.70. The molecule has 0 aromatic carbocycles. The summed E-state index contributed by atoms with van der Waals surface area (Å²) in [6.07, 6.45) is 7.17. The summed E-state index contributed by atoms with van der Waals surface area (Å²) in [5.41, 5.74) is 5.72. The molecule has 0 radical (unpaired) electrons. The van der Waals surface area contributed by atoms with E-state index in [0.717, 1.165) is 24.3 Å². The van der Waals surface area contributed by atoms with Gasteiger partial charge in [-0.15, -0.1) is 12.4 Å².